The summed E-state index contributed by atoms with van der Waals surface area (Å²) in [5, 5.41) is 12.1. The zero-order valence-corrected chi connectivity index (χ0v) is 10.5. The Hall–Kier alpha value is -1.80. The summed E-state index contributed by atoms with van der Waals surface area (Å²) in [5.41, 5.74) is 6.77. The van der Waals surface area contributed by atoms with Gasteiger partial charge in [-0.2, -0.15) is 5.26 Å². The predicted molar refractivity (Wildman–Crippen MR) is 72.1 cm³/mol. The molecule has 5 nitrogen and oxygen atoms in total. The van der Waals surface area contributed by atoms with Crippen molar-refractivity contribution < 1.29 is 0 Å². The van der Waals surface area contributed by atoms with Gasteiger partial charge in [-0.3, -0.25) is 0 Å². The molecule has 1 saturated heterocycles. The third-order valence-electron chi connectivity index (χ3n) is 3.28. The smallest absolute Gasteiger partial charge is 0.150 e. The Kier molecular flexibility index (Phi) is 4.37. The summed E-state index contributed by atoms with van der Waals surface area (Å²) in [5.74, 6) is 0.617. The Bertz CT molecular complexity index is 431. The fourth-order valence-electron chi connectivity index (χ4n) is 2.23. The number of hydrogen-bond donors (Lipinski definition) is 2. The Labute approximate surface area is 108 Å². The number of anilines is 2. The van der Waals surface area contributed by atoms with Crippen molar-refractivity contribution in [1.29, 1.82) is 5.26 Å². The summed E-state index contributed by atoms with van der Waals surface area (Å²) < 4.78 is 0. The average molecular weight is 245 g/mol. The average Bonchev–Trinajstić information content (AvgIpc) is 2.42. The van der Waals surface area contributed by atoms with Gasteiger partial charge in [0.1, 0.15) is 6.07 Å². The standard InChI is InChI=1S/C13H19N5/c14-10-11-4-5-16-13(12(11)15)17-6-9-18-7-2-1-3-8-18/h4-5H,1-3,6-9,15H2,(H,16,17). The molecule has 0 bridgehead atoms. The Morgan fingerprint density at radius 1 is 1.39 bits per heavy atom. The Balaban J connectivity index is 1.84. The lowest BCUT2D eigenvalue weighted by Crippen LogP contribution is -2.33. The summed E-state index contributed by atoms with van der Waals surface area (Å²) in [6, 6.07) is 3.69. The maximum absolute atomic E-state index is 8.88. The molecular formula is C13H19N5. The zero-order valence-electron chi connectivity index (χ0n) is 10.5. The maximum atomic E-state index is 8.88. The van der Waals surface area contributed by atoms with Crippen LogP contribution >= 0.6 is 0 Å². The van der Waals surface area contributed by atoms with Gasteiger partial charge in [0.05, 0.1) is 11.3 Å². The predicted octanol–water partition coefficient (Wildman–Crippen LogP) is 1.43. The lowest BCUT2D eigenvalue weighted by Gasteiger charge is -2.26. The van der Waals surface area contributed by atoms with Gasteiger partial charge in [0, 0.05) is 19.3 Å². The lowest BCUT2D eigenvalue weighted by atomic mass is 10.1. The molecule has 96 valence electrons. The molecule has 2 rings (SSSR count). The Morgan fingerprint density at radius 2 is 2.17 bits per heavy atom. The van der Waals surface area contributed by atoms with Crippen molar-refractivity contribution in [2.45, 2.75) is 19.3 Å². The van der Waals surface area contributed by atoms with Crippen molar-refractivity contribution in [1.82, 2.24) is 9.88 Å². The van der Waals surface area contributed by atoms with Crippen molar-refractivity contribution in [2.24, 2.45) is 0 Å². The summed E-state index contributed by atoms with van der Waals surface area (Å²) in [6.45, 7) is 4.18. The second kappa shape index (κ2) is 6.22. The number of pyridine rings is 1. The molecule has 0 saturated carbocycles. The highest BCUT2D eigenvalue weighted by molar-refractivity contribution is 5.68. The first-order chi connectivity index (χ1) is 8.81. The second-order valence-electron chi connectivity index (χ2n) is 4.56. The summed E-state index contributed by atoms with van der Waals surface area (Å²) in [6.07, 6.45) is 5.55. The third-order valence-corrected chi connectivity index (χ3v) is 3.28. The van der Waals surface area contributed by atoms with Crippen LogP contribution in [0.4, 0.5) is 11.5 Å². The van der Waals surface area contributed by atoms with Crippen molar-refractivity contribution in [3.8, 4) is 6.07 Å². The van der Waals surface area contributed by atoms with Gasteiger partial charge in [-0.15, -0.1) is 0 Å². The van der Waals surface area contributed by atoms with E-state index in [2.05, 4.69) is 21.3 Å². The molecule has 2 heterocycles. The zero-order chi connectivity index (χ0) is 12.8. The number of nitrogens with one attached hydrogen (secondary N) is 1. The summed E-state index contributed by atoms with van der Waals surface area (Å²) in [7, 11) is 0. The first-order valence-electron chi connectivity index (χ1n) is 6.42. The van der Waals surface area contributed by atoms with Crippen LogP contribution in [0.15, 0.2) is 12.3 Å². The normalized spacial score (nSPS) is 16.2. The van der Waals surface area contributed by atoms with E-state index in [1.807, 2.05) is 0 Å². The number of rotatable bonds is 4. The minimum absolute atomic E-state index is 0.443. The van der Waals surface area contributed by atoms with Crippen LogP contribution in [0.3, 0.4) is 0 Å². The van der Waals surface area contributed by atoms with Gasteiger partial charge >= 0.3 is 0 Å². The van der Waals surface area contributed by atoms with Gasteiger partial charge < -0.3 is 16.0 Å². The highest BCUT2D eigenvalue weighted by Gasteiger charge is 2.10. The van der Waals surface area contributed by atoms with Crippen LogP contribution < -0.4 is 11.1 Å². The fraction of sp³-hybridized carbons (Fsp3) is 0.538. The number of piperidine rings is 1. The first-order valence-corrected chi connectivity index (χ1v) is 6.42. The number of nitriles is 1. The van der Waals surface area contributed by atoms with Crippen LogP contribution in [0.1, 0.15) is 24.8 Å². The first kappa shape index (κ1) is 12.7. The van der Waals surface area contributed by atoms with Crippen molar-refractivity contribution >= 4 is 11.5 Å². The minimum Gasteiger partial charge on any atom is -0.395 e. The van der Waals surface area contributed by atoms with Crippen molar-refractivity contribution in [2.75, 3.05) is 37.2 Å². The van der Waals surface area contributed by atoms with E-state index in [9.17, 15) is 0 Å². The lowest BCUT2D eigenvalue weighted by molar-refractivity contribution is 0.237. The van der Waals surface area contributed by atoms with Gasteiger partial charge in [0.25, 0.3) is 0 Å². The van der Waals surface area contributed by atoms with Crippen molar-refractivity contribution in [3.05, 3.63) is 17.8 Å². The van der Waals surface area contributed by atoms with E-state index in [0.717, 1.165) is 13.1 Å². The molecule has 3 N–H and O–H groups in total. The fourth-order valence-corrected chi connectivity index (χ4v) is 2.23. The Morgan fingerprint density at radius 3 is 2.89 bits per heavy atom. The third kappa shape index (κ3) is 3.11. The van der Waals surface area contributed by atoms with Crippen molar-refractivity contribution in [3.63, 3.8) is 0 Å². The van der Waals surface area contributed by atoms with Gasteiger partial charge in [0.2, 0.25) is 0 Å². The SMILES string of the molecule is N#Cc1ccnc(NCCN2CCCCC2)c1N. The maximum Gasteiger partial charge on any atom is 0.150 e. The molecule has 0 amide bonds. The molecule has 0 aromatic carbocycles. The second-order valence-corrected chi connectivity index (χ2v) is 4.56. The number of hydrogen-bond acceptors (Lipinski definition) is 5. The molecule has 1 aliphatic heterocycles. The van der Waals surface area contributed by atoms with Crippen LogP contribution in [0.25, 0.3) is 0 Å². The summed E-state index contributed by atoms with van der Waals surface area (Å²) in [4.78, 5) is 6.61. The molecule has 0 unspecified atom stereocenters. The quantitative estimate of drug-likeness (QED) is 0.839. The molecule has 5 heteroatoms. The van der Waals surface area contributed by atoms with E-state index in [1.165, 1.54) is 32.4 Å². The van der Waals surface area contributed by atoms with Gasteiger partial charge in [-0.05, 0) is 32.0 Å². The number of nitrogen functional groups attached to an aromatic ring is 1. The number of aromatic nitrogens is 1. The van der Waals surface area contributed by atoms with E-state index in [-0.39, 0.29) is 0 Å². The summed E-state index contributed by atoms with van der Waals surface area (Å²) >= 11 is 0. The van der Waals surface area contributed by atoms with Crippen LogP contribution in [-0.2, 0) is 0 Å². The number of nitrogens with zero attached hydrogens (tertiary/aromatic N) is 3. The van der Waals surface area contributed by atoms with Gasteiger partial charge in [-0.25, -0.2) is 4.98 Å². The van der Waals surface area contributed by atoms with E-state index in [4.69, 9.17) is 11.0 Å². The molecule has 0 aliphatic carbocycles. The van der Waals surface area contributed by atoms with E-state index in [1.54, 1.807) is 12.3 Å². The van der Waals surface area contributed by atoms with E-state index < -0.39 is 0 Å². The minimum atomic E-state index is 0.443. The molecular weight excluding hydrogens is 226 g/mol. The monoisotopic (exact) mass is 245 g/mol. The molecule has 1 aliphatic rings. The molecule has 1 fully saturated rings. The number of nitrogens with two attached hydrogens (primary N) is 1. The van der Waals surface area contributed by atoms with Crippen LogP contribution in [0.5, 0.6) is 0 Å². The molecule has 1 aromatic heterocycles. The number of likely N-dealkylation sites (tertiary alicyclic amines) is 1. The van der Waals surface area contributed by atoms with Crippen LogP contribution in [0, 0.1) is 11.3 Å². The van der Waals surface area contributed by atoms with Crippen LogP contribution in [-0.4, -0.2) is 36.1 Å². The van der Waals surface area contributed by atoms with Crippen LogP contribution in [0.2, 0.25) is 0 Å². The highest BCUT2D eigenvalue weighted by atomic mass is 15.1. The van der Waals surface area contributed by atoms with E-state index in [0.29, 0.717) is 17.1 Å². The van der Waals surface area contributed by atoms with Gasteiger partial charge in [0.15, 0.2) is 5.82 Å². The van der Waals surface area contributed by atoms with E-state index >= 15 is 0 Å². The molecule has 1 aromatic rings. The molecule has 18 heavy (non-hydrogen) atoms. The molecule has 0 atom stereocenters. The van der Waals surface area contributed by atoms with Gasteiger partial charge in [-0.1, -0.05) is 6.42 Å². The largest absolute Gasteiger partial charge is 0.395 e. The highest BCUT2D eigenvalue weighted by Crippen LogP contribution is 2.18. The molecule has 0 radical (unpaired) electrons. The topological polar surface area (TPSA) is 78.0 Å². The molecule has 0 spiro atoms.